The van der Waals surface area contributed by atoms with Gasteiger partial charge < -0.3 is 9.80 Å². The molecule has 0 saturated carbocycles. The summed E-state index contributed by atoms with van der Waals surface area (Å²) in [6.07, 6.45) is 2.21. The number of piperidine rings is 1. The normalized spacial score (nSPS) is 28.1. The Morgan fingerprint density at radius 2 is 2.07 bits per heavy atom. The van der Waals surface area contributed by atoms with Crippen molar-refractivity contribution in [1.29, 1.82) is 0 Å². The van der Waals surface area contributed by atoms with Crippen LogP contribution < -0.4 is 0 Å². The number of carbonyl (C=O) groups excluding carboxylic acids is 1. The highest BCUT2D eigenvalue weighted by atomic mass is 16.2. The van der Waals surface area contributed by atoms with Crippen LogP contribution in [-0.4, -0.2) is 48.4 Å². The molecular weight excluding hydrogens is 188 g/mol. The summed E-state index contributed by atoms with van der Waals surface area (Å²) >= 11 is 0. The predicted molar refractivity (Wildman–Crippen MR) is 62.7 cm³/mol. The lowest BCUT2D eigenvalue weighted by Gasteiger charge is -2.39. The van der Waals surface area contributed by atoms with Gasteiger partial charge in [-0.2, -0.15) is 0 Å². The van der Waals surface area contributed by atoms with Crippen molar-refractivity contribution < 1.29 is 4.79 Å². The van der Waals surface area contributed by atoms with E-state index < -0.39 is 0 Å². The minimum atomic E-state index is 0.116. The molecule has 1 heterocycles. The molecule has 0 spiro atoms. The standard InChI is InChI=1S/C12H24N2O/c1-9(2)12(15)14(5)11-6-7-13(4)10(3)8-11/h9-11H,6-8H2,1-5H3. The molecule has 1 aliphatic rings. The van der Waals surface area contributed by atoms with Crippen LogP contribution in [0.2, 0.25) is 0 Å². The number of carbonyl (C=O) groups is 1. The molecule has 0 bridgehead atoms. The molecular formula is C12H24N2O. The number of hydrogen-bond donors (Lipinski definition) is 0. The monoisotopic (exact) mass is 212 g/mol. The van der Waals surface area contributed by atoms with E-state index in [1.165, 1.54) is 0 Å². The average molecular weight is 212 g/mol. The van der Waals surface area contributed by atoms with Gasteiger partial charge in [-0.1, -0.05) is 13.8 Å². The zero-order chi connectivity index (χ0) is 11.6. The molecule has 0 aliphatic carbocycles. The topological polar surface area (TPSA) is 23.6 Å². The molecule has 0 aromatic heterocycles. The van der Waals surface area contributed by atoms with Crippen LogP contribution in [0.25, 0.3) is 0 Å². The molecule has 1 rings (SSSR count). The van der Waals surface area contributed by atoms with E-state index in [1.54, 1.807) is 0 Å². The van der Waals surface area contributed by atoms with Gasteiger partial charge in [-0.05, 0) is 26.8 Å². The molecule has 1 saturated heterocycles. The smallest absolute Gasteiger partial charge is 0.225 e. The second-order valence-corrected chi connectivity index (χ2v) is 5.11. The van der Waals surface area contributed by atoms with E-state index in [1.807, 2.05) is 25.8 Å². The Kier molecular flexibility index (Phi) is 4.14. The van der Waals surface area contributed by atoms with Gasteiger partial charge in [0.15, 0.2) is 0 Å². The van der Waals surface area contributed by atoms with Gasteiger partial charge in [-0.3, -0.25) is 4.79 Å². The van der Waals surface area contributed by atoms with Gasteiger partial charge in [-0.15, -0.1) is 0 Å². The van der Waals surface area contributed by atoms with Crippen LogP contribution in [0.1, 0.15) is 33.6 Å². The van der Waals surface area contributed by atoms with E-state index in [2.05, 4.69) is 18.9 Å². The van der Waals surface area contributed by atoms with Crippen molar-refractivity contribution in [3.63, 3.8) is 0 Å². The predicted octanol–water partition coefficient (Wildman–Crippen LogP) is 1.58. The zero-order valence-corrected chi connectivity index (χ0v) is 10.7. The first-order valence-corrected chi connectivity index (χ1v) is 5.90. The first-order valence-electron chi connectivity index (χ1n) is 5.90. The summed E-state index contributed by atoms with van der Waals surface area (Å²) in [5.74, 6) is 0.390. The highest BCUT2D eigenvalue weighted by Gasteiger charge is 2.28. The largest absolute Gasteiger partial charge is 0.342 e. The third-order valence-corrected chi connectivity index (χ3v) is 3.57. The molecule has 3 heteroatoms. The minimum Gasteiger partial charge on any atom is -0.342 e. The highest BCUT2D eigenvalue weighted by Crippen LogP contribution is 2.20. The van der Waals surface area contributed by atoms with Crippen molar-refractivity contribution in [1.82, 2.24) is 9.80 Å². The SMILES string of the molecule is CC(C)C(=O)N(C)C1CCN(C)C(C)C1. The number of nitrogens with zero attached hydrogens (tertiary/aromatic N) is 2. The molecule has 2 atom stereocenters. The van der Waals surface area contributed by atoms with Crippen LogP contribution in [-0.2, 0) is 4.79 Å². The Morgan fingerprint density at radius 1 is 1.47 bits per heavy atom. The third kappa shape index (κ3) is 2.94. The number of rotatable bonds is 2. The maximum Gasteiger partial charge on any atom is 0.225 e. The Hall–Kier alpha value is -0.570. The molecule has 15 heavy (non-hydrogen) atoms. The molecule has 1 fully saturated rings. The summed E-state index contributed by atoms with van der Waals surface area (Å²) in [5, 5.41) is 0. The van der Waals surface area contributed by atoms with Gasteiger partial charge in [-0.25, -0.2) is 0 Å². The van der Waals surface area contributed by atoms with Gasteiger partial charge in [0.1, 0.15) is 0 Å². The zero-order valence-electron chi connectivity index (χ0n) is 10.7. The maximum absolute atomic E-state index is 11.8. The summed E-state index contributed by atoms with van der Waals surface area (Å²) < 4.78 is 0. The van der Waals surface area contributed by atoms with Crippen molar-refractivity contribution >= 4 is 5.91 Å². The molecule has 2 unspecified atom stereocenters. The average Bonchev–Trinajstić information content (AvgIpc) is 2.19. The van der Waals surface area contributed by atoms with Crippen molar-refractivity contribution in [2.24, 2.45) is 5.92 Å². The fourth-order valence-corrected chi connectivity index (χ4v) is 2.20. The molecule has 0 radical (unpaired) electrons. The summed E-state index contributed by atoms with van der Waals surface area (Å²) in [4.78, 5) is 16.2. The molecule has 0 aromatic carbocycles. The molecule has 3 nitrogen and oxygen atoms in total. The summed E-state index contributed by atoms with van der Waals surface area (Å²) in [6.45, 7) is 7.27. The van der Waals surface area contributed by atoms with Gasteiger partial charge >= 0.3 is 0 Å². The second kappa shape index (κ2) is 4.97. The molecule has 1 amide bonds. The Balaban J connectivity index is 2.54. The van der Waals surface area contributed by atoms with Crippen LogP contribution in [0.15, 0.2) is 0 Å². The number of likely N-dealkylation sites (tertiary alicyclic amines) is 1. The number of hydrogen-bond acceptors (Lipinski definition) is 2. The minimum absolute atomic E-state index is 0.116. The second-order valence-electron chi connectivity index (χ2n) is 5.11. The van der Waals surface area contributed by atoms with Crippen LogP contribution in [0, 0.1) is 5.92 Å². The lowest BCUT2D eigenvalue weighted by atomic mass is 9.97. The summed E-state index contributed by atoms with van der Waals surface area (Å²) in [5.41, 5.74) is 0. The van der Waals surface area contributed by atoms with Crippen molar-refractivity contribution in [3.05, 3.63) is 0 Å². The van der Waals surface area contributed by atoms with Gasteiger partial charge in [0.25, 0.3) is 0 Å². The van der Waals surface area contributed by atoms with Gasteiger partial charge in [0.2, 0.25) is 5.91 Å². The van der Waals surface area contributed by atoms with E-state index in [4.69, 9.17) is 0 Å². The lowest BCUT2D eigenvalue weighted by Crippen LogP contribution is -2.48. The molecule has 88 valence electrons. The van der Waals surface area contributed by atoms with Gasteiger partial charge in [0.05, 0.1) is 0 Å². The first-order chi connectivity index (χ1) is 6.93. The van der Waals surface area contributed by atoms with E-state index in [9.17, 15) is 4.79 Å². The Labute approximate surface area is 93.4 Å². The summed E-state index contributed by atoms with van der Waals surface area (Å²) in [6, 6.07) is 1.03. The highest BCUT2D eigenvalue weighted by molar-refractivity contribution is 5.78. The van der Waals surface area contributed by atoms with Crippen molar-refractivity contribution in [2.45, 2.75) is 45.7 Å². The van der Waals surface area contributed by atoms with E-state index >= 15 is 0 Å². The third-order valence-electron chi connectivity index (χ3n) is 3.57. The van der Waals surface area contributed by atoms with E-state index in [0.29, 0.717) is 12.1 Å². The summed E-state index contributed by atoms with van der Waals surface area (Å²) in [7, 11) is 4.11. The van der Waals surface area contributed by atoms with Crippen LogP contribution >= 0.6 is 0 Å². The van der Waals surface area contributed by atoms with Crippen LogP contribution in [0.5, 0.6) is 0 Å². The Bertz CT molecular complexity index is 228. The quantitative estimate of drug-likeness (QED) is 0.694. The first kappa shape index (κ1) is 12.5. The Morgan fingerprint density at radius 3 is 2.53 bits per heavy atom. The van der Waals surface area contributed by atoms with Crippen LogP contribution in [0.4, 0.5) is 0 Å². The van der Waals surface area contributed by atoms with E-state index in [0.717, 1.165) is 19.4 Å². The number of amides is 1. The van der Waals surface area contributed by atoms with Crippen molar-refractivity contribution in [3.8, 4) is 0 Å². The van der Waals surface area contributed by atoms with Crippen molar-refractivity contribution in [2.75, 3.05) is 20.6 Å². The maximum atomic E-state index is 11.8. The molecule has 0 N–H and O–H groups in total. The lowest BCUT2D eigenvalue weighted by molar-refractivity contribution is -0.136. The molecule has 1 aliphatic heterocycles. The van der Waals surface area contributed by atoms with E-state index in [-0.39, 0.29) is 11.8 Å². The molecule has 0 aromatic rings. The van der Waals surface area contributed by atoms with Gasteiger partial charge in [0, 0.05) is 31.6 Å². The fraction of sp³-hybridized carbons (Fsp3) is 0.917. The van der Waals surface area contributed by atoms with Crippen LogP contribution in [0.3, 0.4) is 0 Å². The fourth-order valence-electron chi connectivity index (χ4n) is 2.20.